The van der Waals surface area contributed by atoms with Gasteiger partial charge in [-0.3, -0.25) is 10.1 Å². The number of hydrogen-bond donors (Lipinski definition) is 0. The molecule has 0 bridgehead atoms. The average molecular weight is 361 g/mol. The Morgan fingerprint density at radius 3 is 2.60 bits per heavy atom. The van der Waals surface area contributed by atoms with Crippen LogP contribution in [0, 0.1) is 21.4 Å². The van der Waals surface area contributed by atoms with Crippen LogP contribution in [0.4, 0.5) is 5.69 Å². The van der Waals surface area contributed by atoms with Crippen molar-refractivity contribution in [1.29, 1.82) is 5.26 Å². The van der Waals surface area contributed by atoms with Crippen LogP contribution in [-0.4, -0.2) is 17.5 Å². The first kappa shape index (κ1) is 18.2. The van der Waals surface area contributed by atoms with Crippen LogP contribution in [0.15, 0.2) is 42.5 Å². The zero-order valence-electron chi connectivity index (χ0n) is 13.0. The Labute approximate surface area is 148 Å². The van der Waals surface area contributed by atoms with Crippen molar-refractivity contribution in [2.75, 3.05) is 6.61 Å². The minimum absolute atomic E-state index is 0.0428. The molecule has 0 saturated heterocycles. The molecule has 2 aromatic rings. The molecule has 2 aromatic carbocycles. The van der Waals surface area contributed by atoms with E-state index < -0.39 is 10.9 Å². The molecule has 8 heteroatoms. The monoisotopic (exact) mass is 360 g/mol. The van der Waals surface area contributed by atoms with Gasteiger partial charge < -0.3 is 9.47 Å². The fourth-order valence-corrected chi connectivity index (χ4v) is 2.07. The second kappa shape index (κ2) is 8.66. The maximum atomic E-state index is 11.8. The quantitative estimate of drug-likeness (QED) is 0.311. The van der Waals surface area contributed by atoms with Crippen LogP contribution in [0.3, 0.4) is 0 Å². The molecule has 25 heavy (non-hydrogen) atoms. The Bertz CT molecular complexity index is 815. The Morgan fingerprint density at radius 2 is 1.96 bits per heavy atom. The number of hydrogen-bond acceptors (Lipinski definition) is 6. The van der Waals surface area contributed by atoms with E-state index in [0.29, 0.717) is 24.2 Å². The van der Waals surface area contributed by atoms with E-state index in [1.54, 1.807) is 0 Å². The number of unbranched alkanes of at least 4 members (excludes halogenated alkanes) is 1. The third-order valence-corrected chi connectivity index (χ3v) is 3.34. The smallest absolute Gasteiger partial charge is 0.338 e. The normalized spacial score (nSPS) is 9.92. The summed E-state index contributed by atoms with van der Waals surface area (Å²) in [5, 5.41) is 19.7. The fourth-order valence-electron chi connectivity index (χ4n) is 1.90. The molecule has 7 nitrogen and oxygen atoms in total. The van der Waals surface area contributed by atoms with E-state index in [1.165, 1.54) is 42.5 Å². The molecule has 0 saturated carbocycles. The molecule has 0 aliphatic rings. The molecule has 0 aliphatic heterocycles. The summed E-state index contributed by atoms with van der Waals surface area (Å²) >= 11 is 5.75. The first-order valence-electron chi connectivity index (χ1n) is 7.27. The number of nitriles is 1. The van der Waals surface area contributed by atoms with Gasteiger partial charge in [-0.05, 0) is 42.8 Å². The van der Waals surface area contributed by atoms with Gasteiger partial charge in [0.25, 0.3) is 0 Å². The van der Waals surface area contributed by atoms with Gasteiger partial charge in [0.1, 0.15) is 5.75 Å². The molecule has 0 aromatic heterocycles. The summed E-state index contributed by atoms with van der Waals surface area (Å²) in [7, 11) is 0. The lowest BCUT2D eigenvalue weighted by Gasteiger charge is -2.08. The molecule has 0 N–H and O–H groups in total. The Hall–Kier alpha value is -3.11. The van der Waals surface area contributed by atoms with E-state index in [1.807, 2.05) is 6.07 Å². The van der Waals surface area contributed by atoms with Gasteiger partial charge in [0, 0.05) is 17.5 Å². The second-order valence-electron chi connectivity index (χ2n) is 4.89. The fraction of sp³-hybridized carbons (Fsp3) is 0.176. The van der Waals surface area contributed by atoms with Gasteiger partial charge in [0.15, 0.2) is 0 Å². The van der Waals surface area contributed by atoms with Crippen LogP contribution >= 0.6 is 11.6 Å². The van der Waals surface area contributed by atoms with Gasteiger partial charge >= 0.3 is 11.7 Å². The zero-order chi connectivity index (χ0) is 18.2. The van der Waals surface area contributed by atoms with Gasteiger partial charge in [0.05, 0.1) is 23.2 Å². The summed E-state index contributed by atoms with van der Waals surface area (Å²) in [5.41, 5.74) is 0.0587. The van der Waals surface area contributed by atoms with Gasteiger partial charge in [-0.25, -0.2) is 4.79 Å². The molecule has 0 unspecified atom stereocenters. The molecule has 0 spiro atoms. The number of nitrogens with zero attached hydrogens (tertiary/aromatic N) is 2. The van der Waals surface area contributed by atoms with E-state index in [4.69, 9.17) is 26.3 Å². The number of carbonyl (C=O) groups excluding carboxylic acids is 1. The number of esters is 1. The van der Waals surface area contributed by atoms with Gasteiger partial charge in [-0.2, -0.15) is 5.26 Å². The highest BCUT2D eigenvalue weighted by Crippen LogP contribution is 2.33. The first-order valence-corrected chi connectivity index (χ1v) is 7.65. The van der Waals surface area contributed by atoms with Crippen molar-refractivity contribution in [1.82, 2.24) is 0 Å². The summed E-state index contributed by atoms with van der Waals surface area (Å²) in [4.78, 5) is 22.3. The van der Waals surface area contributed by atoms with Crippen molar-refractivity contribution in [3.63, 3.8) is 0 Å². The van der Waals surface area contributed by atoms with E-state index >= 15 is 0 Å². The van der Waals surface area contributed by atoms with Crippen LogP contribution < -0.4 is 4.74 Å². The Balaban J connectivity index is 2.05. The van der Waals surface area contributed by atoms with Crippen molar-refractivity contribution in [3.8, 4) is 17.6 Å². The molecule has 0 atom stereocenters. The summed E-state index contributed by atoms with van der Waals surface area (Å²) in [6, 6.07) is 12.0. The van der Waals surface area contributed by atoms with Gasteiger partial charge in [-0.1, -0.05) is 11.6 Å². The number of nitro groups is 1. The van der Waals surface area contributed by atoms with E-state index in [-0.39, 0.29) is 23.1 Å². The lowest BCUT2D eigenvalue weighted by molar-refractivity contribution is -0.385. The van der Waals surface area contributed by atoms with Gasteiger partial charge in [0.2, 0.25) is 5.75 Å². The third kappa shape index (κ3) is 5.19. The van der Waals surface area contributed by atoms with Crippen molar-refractivity contribution >= 4 is 23.3 Å². The third-order valence-electron chi connectivity index (χ3n) is 3.10. The van der Waals surface area contributed by atoms with Crippen LogP contribution in [0.5, 0.6) is 11.5 Å². The molecule has 128 valence electrons. The molecule has 0 amide bonds. The average Bonchev–Trinajstić information content (AvgIpc) is 2.60. The Morgan fingerprint density at radius 1 is 1.24 bits per heavy atom. The zero-order valence-corrected chi connectivity index (χ0v) is 13.7. The second-order valence-corrected chi connectivity index (χ2v) is 5.33. The topological polar surface area (TPSA) is 102 Å². The molecule has 0 radical (unpaired) electrons. The van der Waals surface area contributed by atoms with E-state index in [2.05, 4.69) is 0 Å². The van der Waals surface area contributed by atoms with Crippen molar-refractivity contribution in [2.24, 2.45) is 0 Å². The standard InChI is InChI=1S/C17H13ClN2O5/c18-13-5-8-16(15(11-13)20(22)23)25-14-6-3-12(4-7-14)17(21)24-10-2-1-9-19/h3-8,11H,1-2,10H2. The number of rotatable bonds is 7. The highest BCUT2D eigenvalue weighted by molar-refractivity contribution is 6.30. The SMILES string of the molecule is N#CCCCOC(=O)c1ccc(Oc2ccc(Cl)cc2[N+](=O)[O-])cc1. The van der Waals surface area contributed by atoms with Crippen molar-refractivity contribution in [2.45, 2.75) is 12.8 Å². The maximum Gasteiger partial charge on any atom is 0.338 e. The summed E-state index contributed by atoms with van der Waals surface area (Å²) < 4.78 is 10.5. The largest absolute Gasteiger partial charge is 0.462 e. The van der Waals surface area contributed by atoms with Crippen LogP contribution in [0.1, 0.15) is 23.2 Å². The van der Waals surface area contributed by atoms with E-state index in [9.17, 15) is 14.9 Å². The number of nitro benzene ring substituents is 1. The molecule has 0 fully saturated rings. The Kier molecular flexibility index (Phi) is 6.32. The highest BCUT2D eigenvalue weighted by Gasteiger charge is 2.16. The van der Waals surface area contributed by atoms with Crippen molar-refractivity contribution < 1.29 is 19.2 Å². The maximum absolute atomic E-state index is 11.8. The lowest BCUT2D eigenvalue weighted by atomic mass is 10.2. The molecule has 0 heterocycles. The molecule has 2 rings (SSSR count). The van der Waals surface area contributed by atoms with Crippen molar-refractivity contribution in [3.05, 3.63) is 63.2 Å². The summed E-state index contributed by atoms with van der Waals surface area (Å²) in [6.45, 7) is 0.168. The predicted octanol–water partition coefficient (Wildman–Crippen LogP) is 4.50. The lowest BCUT2D eigenvalue weighted by Crippen LogP contribution is -2.06. The van der Waals surface area contributed by atoms with Crippen LogP contribution in [0.2, 0.25) is 5.02 Å². The molecule has 0 aliphatic carbocycles. The number of ether oxygens (including phenoxy) is 2. The first-order chi connectivity index (χ1) is 12.0. The summed E-state index contributed by atoms with van der Waals surface area (Å²) in [6.07, 6.45) is 0.795. The minimum atomic E-state index is -0.589. The predicted molar refractivity (Wildman–Crippen MR) is 89.8 cm³/mol. The van der Waals surface area contributed by atoms with Gasteiger partial charge in [-0.15, -0.1) is 0 Å². The molecular formula is C17H13ClN2O5. The highest BCUT2D eigenvalue weighted by atomic mass is 35.5. The summed E-state index contributed by atoms with van der Waals surface area (Å²) in [5.74, 6) is -0.144. The number of carbonyl (C=O) groups is 1. The molecular weight excluding hydrogens is 348 g/mol. The van der Waals surface area contributed by atoms with Crippen LogP contribution in [0.25, 0.3) is 0 Å². The minimum Gasteiger partial charge on any atom is -0.462 e. The number of halogens is 1. The van der Waals surface area contributed by atoms with E-state index in [0.717, 1.165) is 0 Å². The number of benzene rings is 2. The van der Waals surface area contributed by atoms with Crippen LogP contribution in [-0.2, 0) is 4.74 Å².